The minimum absolute atomic E-state index is 0.0562. The first-order chi connectivity index (χ1) is 7.20. The number of thiophene rings is 1. The van der Waals surface area contributed by atoms with Gasteiger partial charge in [-0.3, -0.25) is 0 Å². The third-order valence-electron chi connectivity index (χ3n) is 2.29. The van der Waals surface area contributed by atoms with Gasteiger partial charge in [-0.15, -0.1) is 22.9 Å². The fourth-order valence-corrected chi connectivity index (χ4v) is 3.21. The van der Waals surface area contributed by atoms with Crippen molar-refractivity contribution in [1.82, 2.24) is 0 Å². The van der Waals surface area contributed by atoms with Gasteiger partial charge >= 0.3 is 0 Å². The Morgan fingerprint density at radius 3 is 2.73 bits per heavy atom. The molecule has 0 saturated heterocycles. The first-order valence-corrected chi connectivity index (χ1v) is 6.73. The maximum atomic E-state index is 6.43. The van der Waals surface area contributed by atoms with Crippen molar-refractivity contribution in [3.05, 3.63) is 56.2 Å². The molecule has 0 nitrogen and oxygen atoms in total. The third kappa shape index (κ3) is 2.27. The lowest BCUT2D eigenvalue weighted by molar-refractivity contribution is 1.15. The Kier molecular flexibility index (Phi) is 3.49. The Bertz CT molecular complexity index is 451. The van der Waals surface area contributed by atoms with Crippen LogP contribution in [0.25, 0.3) is 0 Å². The predicted molar refractivity (Wildman–Crippen MR) is 70.9 cm³/mol. The maximum absolute atomic E-state index is 6.43. The second-order valence-corrected chi connectivity index (χ2v) is 5.56. The zero-order valence-electron chi connectivity index (χ0n) is 8.21. The van der Waals surface area contributed by atoms with Crippen LogP contribution in [0.1, 0.15) is 21.4 Å². The van der Waals surface area contributed by atoms with Gasteiger partial charge in [-0.25, -0.2) is 0 Å². The van der Waals surface area contributed by atoms with Crippen molar-refractivity contribution in [2.24, 2.45) is 0 Å². The van der Waals surface area contributed by atoms with Crippen LogP contribution in [0.3, 0.4) is 0 Å². The minimum Gasteiger partial charge on any atom is -0.147 e. The average Bonchev–Trinajstić information content (AvgIpc) is 2.74. The van der Waals surface area contributed by atoms with Gasteiger partial charge in [0, 0.05) is 9.35 Å². The standard InChI is InChI=1S/C12H10BrClS/c1-8-4-2-5-9(11(8)13)12(14)10-6-3-7-15-10/h2-7,12H,1H3. The molecule has 1 atom stereocenters. The van der Waals surface area contributed by atoms with Crippen molar-refractivity contribution < 1.29 is 0 Å². The van der Waals surface area contributed by atoms with Crippen LogP contribution < -0.4 is 0 Å². The first kappa shape index (κ1) is 11.2. The number of alkyl halides is 1. The highest BCUT2D eigenvalue weighted by molar-refractivity contribution is 9.10. The minimum atomic E-state index is -0.0562. The molecule has 15 heavy (non-hydrogen) atoms. The Hall–Kier alpha value is -0.310. The number of rotatable bonds is 2. The van der Waals surface area contributed by atoms with Gasteiger partial charge in [0.15, 0.2) is 0 Å². The molecule has 0 aliphatic carbocycles. The van der Waals surface area contributed by atoms with Gasteiger partial charge in [0.05, 0.1) is 5.38 Å². The summed E-state index contributed by atoms with van der Waals surface area (Å²) in [7, 11) is 0. The molecule has 0 radical (unpaired) electrons. The van der Waals surface area contributed by atoms with Gasteiger partial charge < -0.3 is 0 Å². The monoisotopic (exact) mass is 300 g/mol. The van der Waals surface area contributed by atoms with Crippen LogP contribution in [0, 0.1) is 6.92 Å². The molecule has 0 spiro atoms. The molecule has 1 heterocycles. The quantitative estimate of drug-likeness (QED) is 0.673. The summed E-state index contributed by atoms with van der Waals surface area (Å²) in [6.07, 6.45) is 0. The van der Waals surface area contributed by atoms with Crippen LogP contribution in [0.4, 0.5) is 0 Å². The van der Waals surface area contributed by atoms with Crippen molar-refractivity contribution in [1.29, 1.82) is 0 Å². The van der Waals surface area contributed by atoms with E-state index in [-0.39, 0.29) is 5.38 Å². The molecular weight excluding hydrogens is 292 g/mol. The first-order valence-electron chi connectivity index (χ1n) is 4.62. The summed E-state index contributed by atoms with van der Waals surface area (Å²) in [5, 5.41) is 1.99. The van der Waals surface area contributed by atoms with E-state index in [0.29, 0.717) is 0 Å². The smallest absolute Gasteiger partial charge is 0.0938 e. The Labute approximate surface area is 107 Å². The molecule has 3 heteroatoms. The molecule has 0 bridgehead atoms. The highest BCUT2D eigenvalue weighted by Crippen LogP contribution is 2.36. The van der Waals surface area contributed by atoms with E-state index in [1.807, 2.05) is 12.1 Å². The molecule has 0 saturated carbocycles. The van der Waals surface area contributed by atoms with E-state index in [1.165, 1.54) is 10.4 Å². The van der Waals surface area contributed by atoms with Crippen LogP contribution in [0.2, 0.25) is 0 Å². The maximum Gasteiger partial charge on any atom is 0.0938 e. The van der Waals surface area contributed by atoms with Gasteiger partial charge in [0.25, 0.3) is 0 Å². The number of hydrogen-bond acceptors (Lipinski definition) is 1. The fourth-order valence-electron chi connectivity index (χ4n) is 1.45. The van der Waals surface area contributed by atoms with Crippen LogP contribution >= 0.6 is 38.9 Å². The second kappa shape index (κ2) is 4.69. The van der Waals surface area contributed by atoms with Crippen molar-refractivity contribution in [2.45, 2.75) is 12.3 Å². The lowest BCUT2D eigenvalue weighted by Gasteiger charge is -2.11. The summed E-state index contributed by atoms with van der Waals surface area (Å²) in [5.74, 6) is 0. The van der Waals surface area contributed by atoms with Crippen LogP contribution in [-0.4, -0.2) is 0 Å². The SMILES string of the molecule is Cc1cccc(C(Cl)c2cccs2)c1Br. The number of halogens is 2. The average molecular weight is 302 g/mol. The second-order valence-electron chi connectivity index (χ2n) is 3.36. The highest BCUT2D eigenvalue weighted by atomic mass is 79.9. The van der Waals surface area contributed by atoms with E-state index in [1.54, 1.807) is 11.3 Å². The number of hydrogen-bond donors (Lipinski definition) is 0. The molecule has 0 fully saturated rings. The van der Waals surface area contributed by atoms with Crippen molar-refractivity contribution >= 4 is 38.9 Å². The summed E-state index contributed by atoms with van der Waals surface area (Å²) in [4.78, 5) is 1.18. The van der Waals surface area contributed by atoms with Gasteiger partial charge in [0.2, 0.25) is 0 Å². The Balaban J connectivity index is 2.42. The molecule has 0 N–H and O–H groups in total. The number of benzene rings is 1. The third-order valence-corrected chi connectivity index (χ3v) is 4.91. The van der Waals surface area contributed by atoms with E-state index < -0.39 is 0 Å². The van der Waals surface area contributed by atoms with Crippen LogP contribution in [0.15, 0.2) is 40.2 Å². The van der Waals surface area contributed by atoms with Gasteiger partial charge in [-0.1, -0.05) is 40.2 Å². The van der Waals surface area contributed by atoms with E-state index in [0.717, 1.165) is 10.0 Å². The van der Waals surface area contributed by atoms with E-state index in [2.05, 4.69) is 46.4 Å². The molecule has 0 aliphatic rings. The topological polar surface area (TPSA) is 0 Å². The fraction of sp³-hybridized carbons (Fsp3) is 0.167. The largest absolute Gasteiger partial charge is 0.147 e. The zero-order chi connectivity index (χ0) is 10.8. The van der Waals surface area contributed by atoms with Gasteiger partial charge in [0.1, 0.15) is 0 Å². The van der Waals surface area contributed by atoms with E-state index >= 15 is 0 Å². The lowest BCUT2D eigenvalue weighted by Crippen LogP contribution is -1.93. The highest BCUT2D eigenvalue weighted by Gasteiger charge is 2.15. The summed E-state index contributed by atoms with van der Waals surface area (Å²) >= 11 is 11.7. The Morgan fingerprint density at radius 2 is 2.07 bits per heavy atom. The molecule has 2 aromatic rings. The molecule has 2 rings (SSSR count). The van der Waals surface area contributed by atoms with E-state index in [4.69, 9.17) is 11.6 Å². The molecule has 1 unspecified atom stereocenters. The number of aryl methyl sites for hydroxylation is 1. The summed E-state index contributed by atoms with van der Waals surface area (Å²) in [5.41, 5.74) is 2.36. The summed E-state index contributed by atoms with van der Waals surface area (Å²) in [6.45, 7) is 2.08. The van der Waals surface area contributed by atoms with E-state index in [9.17, 15) is 0 Å². The van der Waals surface area contributed by atoms with Crippen molar-refractivity contribution in [3.8, 4) is 0 Å². The molecule has 0 amide bonds. The van der Waals surface area contributed by atoms with Crippen molar-refractivity contribution in [3.63, 3.8) is 0 Å². The molecular formula is C12H10BrClS. The molecule has 0 aliphatic heterocycles. The lowest BCUT2D eigenvalue weighted by atomic mass is 10.1. The normalized spacial score (nSPS) is 12.7. The molecule has 78 valence electrons. The summed E-state index contributed by atoms with van der Waals surface area (Å²) < 4.78 is 1.11. The summed E-state index contributed by atoms with van der Waals surface area (Å²) in [6, 6.07) is 10.3. The predicted octanol–water partition coefficient (Wildman–Crippen LogP) is 5.15. The van der Waals surface area contributed by atoms with Crippen molar-refractivity contribution in [2.75, 3.05) is 0 Å². The van der Waals surface area contributed by atoms with Gasteiger partial charge in [-0.05, 0) is 29.5 Å². The van der Waals surface area contributed by atoms with Crippen LogP contribution in [0.5, 0.6) is 0 Å². The molecule has 1 aromatic heterocycles. The molecule has 1 aromatic carbocycles. The van der Waals surface area contributed by atoms with Gasteiger partial charge in [-0.2, -0.15) is 0 Å². The Morgan fingerprint density at radius 1 is 1.27 bits per heavy atom. The zero-order valence-corrected chi connectivity index (χ0v) is 11.4. The van der Waals surface area contributed by atoms with Crippen LogP contribution in [-0.2, 0) is 0 Å².